The van der Waals surface area contributed by atoms with E-state index in [0.717, 1.165) is 22.9 Å². The van der Waals surface area contributed by atoms with Gasteiger partial charge in [0.25, 0.3) is 0 Å². The van der Waals surface area contributed by atoms with Crippen LogP contribution in [0.2, 0.25) is 0 Å². The van der Waals surface area contributed by atoms with Crippen molar-refractivity contribution in [3.8, 4) is 16.9 Å². The van der Waals surface area contributed by atoms with Crippen molar-refractivity contribution in [1.29, 1.82) is 0 Å². The Kier molecular flexibility index (Phi) is 2.86. The molecule has 4 heteroatoms. The van der Waals surface area contributed by atoms with Gasteiger partial charge < -0.3 is 5.11 Å². The highest BCUT2D eigenvalue weighted by Gasteiger charge is 2.11. The van der Waals surface area contributed by atoms with Crippen LogP contribution in [-0.4, -0.2) is 5.11 Å². The Labute approximate surface area is 112 Å². The van der Waals surface area contributed by atoms with Crippen LogP contribution < -0.4 is 0 Å². The van der Waals surface area contributed by atoms with E-state index in [-0.39, 0.29) is 11.3 Å². The highest BCUT2D eigenvalue weighted by Crippen LogP contribution is 2.28. The highest BCUT2D eigenvalue weighted by molar-refractivity contribution is 5.88. The Morgan fingerprint density at radius 3 is 1.95 bits per heavy atom. The van der Waals surface area contributed by atoms with Gasteiger partial charge >= 0.3 is 0 Å². The molecular formula is C16H9F3O. The minimum atomic E-state index is -1.47. The number of rotatable bonds is 1. The predicted octanol–water partition coefficient (Wildman–Crippen LogP) is 4.63. The molecule has 0 saturated carbocycles. The van der Waals surface area contributed by atoms with Gasteiger partial charge in [0.15, 0.2) is 17.5 Å². The van der Waals surface area contributed by atoms with E-state index in [1.54, 1.807) is 30.3 Å². The Bertz CT molecular complexity index is 789. The monoisotopic (exact) mass is 274 g/mol. The van der Waals surface area contributed by atoms with E-state index in [2.05, 4.69) is 0 Å². The molecule has 100 valence electrons. The number of benzene rings is 3. The summed E-state index contributed by atoms with van der Waals surface area (Å²) in [6.45, 7) is 0. The standard InChI is InChI=1S/C16H9F3O/c17-14-7-12(8-15(18)16(14)19)10-1-2-11-6-13(20)4-3-9(11)5-10/h1-8,20H. The van der Waals surface area contributed by atoms with Crippen molar-refractivity contribution in [2.24, 2.45) is 0 Å². The molecule has 0 unspecified atom stereocenters. The van der Waals surface area contributed by atoms with Crippen molar-refractivity contribution >= 4 is 10.8 Å². The molecule has 0 aliphatic heterocycles. The molecule has 0 saturated heterocycles. The van der Waals surface area contributed by atoms with Gasteiger partial charge in [-0.3, -0.25) is 0 Å². The lowest BCUT2D eigenvalue weighted by Gasteiger charge is -2.06. The first-order chi connectivity index (χ1) is 9.54. The summed E-state index contributed by atoms with van der Waals surface area (Å²) in [5, 5.41) is 11.0. The molecule has 1 N–H and O–H groups in total. The van der Waals surface area contributed by atoms with Crippen molar-refractivity contribution in [1.82, 2.24) is 0 Å². The fraction of sp³-hybridized carbons (Fsp3) is 0. The van der Waals surface area contributed by atoms with Gasteiger partial charge in [0, 0.05) is 0 Å². The molecule has 0 spiro atoms. The Morgan fingerprint density at radius 2 is 1.25 bits per heavy atom. The molecule has 0 amide bonds. The number of hydrogen-bond acceptors (Lipinski definition) is 1. The van der Waals surface area contributed by atoms with Crippen LogP contribution >= 0.6 is 0 Å². The van der Waals surface area contributed by atoms with E-state index >= 15 is 0 Å². The molecule has 3 aromatic rings. The minimum Gasteiger partial charge on any atom is -0.508 e. The first kappa shape index (κ1) is 12.5. The average Bonchev–Trinajstić information content (AvgIpc) is 2.43. The van der Waals surface area contributed by atoms with Gasteiger partial charge in [-0.05, 0) is 52.2 Å². The van der Waals surface area contributed by atoms with E-state index in [1.165, 1.54) is 6.07 Å². The summed E-state index contributed by atoms with van der Waals surface area (Å²) in [7, 11) is 0. The first-order valence-corrected chi connectivity index (χ1v) is 5.92. The van der Waals surface area contributed by atoms with Crippen LogP contribution in [0.15, 0.2) is 48.5 Å². The Morgan fingerprint density at radius 1 is 0.650 bits per heavy atom. The van der Waals surface area contributed by atoms with Crippen LogP contribution in [0.4, 0.5) is 13.2 Å². The van der Waals surface area contributed by atoms with Crippen LogP contribution in [-0.2, 0) is 0 Å². The lowest BCUT2D eigenvalue weighted by Crippen LogP contribution is -1.91. The third-order valence-corrected chi connectivity index (χ3v) is 3.14. The summed E-state index contributed by atoms with van der Waals surface area (Å²) in [5.41, 5.74) is 0.831. The molecule has 0 atom stereocenters. The van der Waals surface area contributed by atoms with Gasteiger partial charge in [-0.15, -0.1) is 0 Å². The third kappa shape index (κ3) is 2.09. The lowest BCUT2D eigenvalue weighted by atomic mass is 10.0. The quantitative estimate of drug-likeness (QED) is 0.641. The van der Waals surface area contributed by atoms with Crippen LogP contribution in [0, 0.1) is 17.5 Å². The molecule has 0 fully saturated rings. The van der Waals surface area contributed by atoms with Crippen LogP contribution in [0.1, 0.15) is 0 Å². The molecule has 3 aromatic carbocycles. The van der Waals surface area contributed by atoms with Gasteiger partial charge in [0.1, 0.15) is 5.75 Å². The van der Waals surface area contributed by atoms with Crippen molar-refractivity contribution in [3.63, 3.8) is 0 Å². The molecule has 1 nitrogen and oxygen atoms in total. The zero-order valence-corrected chi connectivity index (χ0v) is 10.2. The third-order valence-electron chi connectivity index (χ3n) is 3.14. The topological polar surface area (TPSA) is 20.2 Å². The van der Waals surface area contributed by atoms with Crippen molar-refractivity contribution in [3.05, 3.63) is 66.0 Å². The zero-order chi connectivity index (χ0) is 14.3. The summed E-state index contributed by atoms with van der Waals surface area (Å²) in [5.74, 6) is -3.76. The second kappa shape index (κ2) is 4.56. The van der Waals surface area contributed by atoms with E-state index in [9.17, 15) is 18.3 Å². The Balaban J connectivity index is 2.17. The number of phenolic OH excluding ortho intramolecular Hbond substituents is 1. The number of halogens is 3. The van der Waals surface area contributed by atoms with Gasteiger partial charge in [0.2, 0.25) is 0 Å². The Hall–Kier alpha value is -2.49. The molecule has 0 radical (unpaired) electrons. The van der Waals surface area contributed by atoms with E-state index in [0.29, 0.717) is 5.56 Å². The van der Waals surface area contributed by atoms with Crippen molar-refractivity contribution < 1.29 is 18.3 Å². The van der Waals surface area contributed by atoms with E-state index < -0.39 is 17.5 Å². The molecule has 20 heavy (non-hydrogen) atoms. The molecule has 0 aliphatic rings. The van der Waals surface area contributed by atoms with Crippen LogP contribution in [0.5, 0.6) is 5.75 Å². The lowest BCUT2D eigenvalue weighted by molar-refractivity contribution is 0.448. The molecule has 0 heterocycles. The highest BCUT2D eigenvalue weighted by atomic mass is 19.2. The maximum Gasteiger partial charge on any atom is 0.194 e. The molecule has 3 rings (SSSR count). The normalized spacial score (nSPS) is 10.9. The van der Waals surface area contributed by atoms with Gasteiger partial charge in [-0.25, -0.2) is 13.2 Å². The van der Waals surface area contributed by atoms with Crippen molar-refractivity contribution in [2.75, 3.05) is 0 Å². The number of fused-ring (bicyclic) bond motifs is 1. The average molecular weight is 274 g/mol. The zero-order valence-electron chi connectivity index (χ0n) is 10.2. The van der Waals surface area contributed by atoms with Crippen molar-refractivity contribution in [2.45, 2.75) is 0 Å². The first-order valence-electron chi connectivity index (χ1n) is 5.92. The fourth-order valence-electron chi connectivity index (χ4n) is 2.13. The van der Waals surface area contributed by atoms with Gasteiger partial charge in [-0.1, -0.05) is 18.2 Å². The molecule has 0 bridgehead atoms. The summed E-state index contributed by atoms with van der Waals surface area (Å²) in [4.78, 5) is 0. The predicted molar refractivity (Wildman–Crippen MR) is 70.9 cm³/mol. The smallest absolute Gasteiger partial charge is 0.194 e. The van der Waals surface area contributed by atoms with Gasteiger partial charge in [0.05, 0.1) is 0 Å². The number of hydrogen-bond donors (Lipinski definition) is 1. The second-order valence-corrected chi connectivity index (χ2v) is 4.50. The van der Waals surface area contributed by atoms with E-state index in [1.807, 2.05) is 0 Å². The number of aromatic hydroxyl groups is 1. The summed E-state index contributed by atoms with van der Waals surface area (Å²) in [6, 6.07) is 11.8. The SMILES string of the molecule is Oc1ccc2cc(-c3cc(F)c(F)c(F)c3)ccc2c1. The molecule has 0 aliphatic carbocycles. The fourth-order valence-corrected chi connectivity index (χ4v) is 2.13. The minimum absolute atomic E-state index is 0.143. The maximum absolute atomic E-state index is 13.2. The van der Waals surface area contributed by atoms with Gasteiger partial charge in [-0.2, -0.15) is 0 Å². The largest absolute Gasteiger partial charge is 0.508 e. The molecular weight excluding hydrogens is 265 g/mol. The summed E-state index contributed by atoms with van der Waals surface area (Å²) < 4.78 is 39.4. The summed E-state index contributed by atoms with van der Waals surface area (Å²) >= 11 is 0. The maximum atomic E-state index is 13.2. The summed E-state index contributed by atoms with van der Waals surface area (Å²) in [6.07, 6.45) is 0. The molecule has 0 aromatic heterocycles. The number of phenols is 1. The second-order valence-electron chi connectivity index (χ2n) is 4.50. The van der Waals surface area contributed by atoms with E-state index in [4.69, 9.17) is 0 Å². The van der Waals surface area contributed by atoms with Crippen LogP contribution in [0.25, 0.3) is 21.9 Å². The van der Waals surface area contributed by atoms with Crippen LogP contribution in [0.3, 0.4) is 0 Å².